The van der Waals surface area contributed by atoms with Crippen molar-refractivity contribution in [3.8, 4) is 0 Å². The maximum absolute atomic E-state index is 12.0. The fourth-order valence-corrected chi connectivity index (χ4v) is 1.18. The van der Waals surface area contributed by atoms with Gasteiger partial charge in [0, 0.05) is 19.0 Å². The van der Waals surface area contributed by atoms with E-state index in [9.17, 15) is 9.18 Å². The largest absolute Gasteiger partial charge is 0.481 e. The maximum atomic E-state index is 12.0. The zero-order chi connectivity index (χ0) is 7.56. The lowest BCUT2D eigenvalue weighted by atomic mass is 9.98. The zero-order valence-corrected chi connectivity index (χ0v) is 5.51. The van der Waals surface area contributed by atoms with Crippen LogP contribution in [0.4, 0.5) is 4.39 Å². The summed E-state index contributed by atoms with van der Waals surface area (Å²) in [6.07, 6.45) is 0. The van der Waals surface area contributed by atoms with Crippen LogP contribution in [0.3, 0.4) is 0 Å². The van der Waals surface area contributed by atoms with Gasteiger partial charge in [-0.25, -0.2) is 0 Å². The molecule has 1 fully saturated rings. The van der Waals surface area contributed by atoms with Crippen LogP contribution in [0.2, 0.25) is 0 Å². The van der Waals surface area contributed by atoms with E-state index in [0.717, 1.165) is 0 Å². The first-order valence-electron chi connectivity index (χ1n) is 3.25. The topological polar surface area (TPSA) is 49.3 Å². The molecule has 1 rings (SSSR count). The molecular formula is C6H10FNO2. The Balaban J connectivity index is 2.50. The second-order valence-corrected chi connectivity index (χ2v) is 2.52. The Morgan fingerprint density at radius 2 is 2.40 bits per heavy atom. The third-order valence-electron chi connectivity index (χ3n) is 1.86. The van der Waals surface area contributed by atoms with Gasteiger partial charge in [-0.1, -0.05) is 0 Å². The number of nitrogens with one attached hydrogen (secondary N) is 1. The Kier molecular flexibility index (Phi) is 2.21. The average molecular weight is 147 g/mol. The van der Waals surface area contributed by atoms with Crippen molar-refractivity contribution in [3.05, 3.63) is 0 Å². The van der Waals surface area contributed by atoms with Crippen LogP contribution < -0.4 is 5.32 Å². The van der Waals surface area contributed by atoms with E-state index in [1.54, 1.807) is 0 Å². The summed E-state index contributed by atoms with van der Waals surface area (Å²) in [6, 6.07) is 0. The number of hydrogen-bond acceptors (Lipinski definition) is 2. The summed E-state index contributed by atoms with van der Waals surface area (Å²) < 4.78 is 12.0. The van der Waals surface area contributed by atoms with Crippen LogP contribution in [0, 0.1) is 11.8 Å². The first-order valence-corrected chi connectivity index (χ1v) is 3.25. The highest BCUT2D eigenvalue weighted by atomic mass is 19.1. The van der Waals surface area contributed by atoms with E-state index in [1.807, 2.05) is 0 Å². The molecule has 0 aromatic carbocycles. The Labute approximate surface area is 58.2 Å². The number of halogens is 1. The lowest BCUT2D eigenvalue weighted by Gasteiger charge is -2.08. The molecule has 0 radical (unpaired) electrons. The summed E-state index contributed by atoms with van der Waals surface area (Å²) in [4.78, 5) is 10.4. The molecule has 3 nitrogen and oxygen atoms in total. The van der Waals surface area contributed by atoms with Crippen molar-refractivity contribution >= 4 is 5.97 Å². The highest BCUT2D eigenvalue weighted by molar-refractivity contribution is 5.71. The molecule has 2 unspecified atom stereocenters. The number of carbonyl (C=O) groups is 1. The van der Waals surface area contributed by atoms with Crippen LogP contribution in [-0.2, 0) is 4.79 Å². The molecule has 0 amide bonds. The quantitative estimate of drug-likeness (QED) is 0.572. The Hall–Kier alpha value is -0.640. The summed E-state index contributed by atoms with van der Waals surface area (Å²) in [5, 5.41) is 11.3. The number of carboxylic acids is 1. The molecule has 0 saturated carbocycles. The first-order chi connectivity index (χ1) is 4.75. The molecule has 0 bridgehead atoms. The molecular weight excluding hydrogens is 137 g/mol. The molecule has 1 heterocycles. The minimum Gasteiger partial charge on any atom is -0.481 e. The molecule has 0 aromatic rings. The molecule has 0 aliphatic carbocycles. The van der Waals surface area contributed by atoms with Crippen LogP contribution >= 0.6 is 0 Å². The molecule has 0 spiro atoms. The van der Waals surface area contributed by atoms with Crippen molar-refractivity contribution in [2.75, 3.05) is 19.8 Å². The van der Waals surface area contributed by atoms with Gasteiger partial charge in [-0.15, -0.1) is 0 Å². The van der Waals surface area contributed by atoms with Gasteiger partial charge in [0.2, 0.25) is 0 Å². The second-order valence-electron chi connectivity index (χ2n) is 2.52. The van der Waals surface area contributed by atoms with E-state index < -0.39 is 18.6 Å². The molecule has 58 valence electrons. The van der Waals surface area contributed by atoms with E-state index in [4.69, 9.17) is 5.11 Å². The molecule has 1 aliphatic rings. The Morgan fingerprint density at radius 3 is 2.80 bits per heavy atom. The summed E-state index contributed by atoms with van der Waals surface area (Å²) >= 11 is 0. The Bertz CT molecular complexity index is 140. The predicted molar refractivity (Wildman–Crippen MR) is 33.5 cm³/mol. The minimum absolute atomic E-state index is 0.322. The zero-order valence-electron chi connectivity index (χ0n) is 5.51. The number of hydrogen-bond donors (Lipinski definition) is 2. The monoisotopic (exact) mass is 147 g/mol. The van der Waals surface area contributed by atoms with Gasteiger partial charge >= 0.3 is 5.97 Å². The van der Waals surface area contributed by atoms with Crippen LogP contribution in [-0.4, -0.2) is 30.8 Å². The first kappa shape index (κ1) is 7.47. The standard InChI is InChI=1S/C6H10FNO2/c7-1-4-2-8-3-5(4)6(9)10/h4-5,8H,1-3H2,(H,9,10). The lowest BCUT2D eigenvalue weighted by molar-refractivity contribution is -0.142. The molecule has 1 aliphatic heterocycles. The van der Waals surface area contributed by atoms with E-state index in [0.29, 0.717) is 13.1 Å². The second kappa shape index (κ2) is 2.96. The van der Waals surface area contributed by atoms with Crippen LogP contribution in [0.15, 0.2) is 0 Å². The predicted octanol–water partition coefficient (Wildman–Crippen LogP) is -0.124. The average Bonchev–Trinajstić information content (AvgIpc) is 2.33. The van der Waals surface area contributed by atoms with Crippen molar-refractivity contribution < 1.29 is 14.3 Å². The van der Waals surface area contributed by atoms with Crippen molar-refractivity contribution in [1.29, 1.82) is 0 Å². The van der Waals surface area contributed by atoms with Gasteiger partial charge in [0.05, 0.1) is 12.6 Å². The summed E-state index contributed by atoms with van der Waals surface area (Å²) in [7, 11) is 0. The van der Waals surface area contributed by atoms with Gasteiger partial charge in [0.25, 0.3) is 0 Å². The van der Waals surface area contributed by atoms with Gasteiger partial charge in [-0.2, -0.15) is 0 Å². The summed E-state index contributed by atoms with van der Waals surface area (Å²) in [5.41, 5.74) is 0. The van der Waals surface area contributed by atoms with Gasteiger partial charge in [-0.05, 0) is 0 Å². The normalized spacial score (nSPS) is 32.5. The van der Waals surface area contributed by atoms with Gasteiger partial charge < -0.3 is 10.4 Å². The van der Waals surface area contributed by atoms with E-state index in [1.165, 1.54) is 0 Å². The SMILES string of the molecule is O=C(O)C1CNCC1CF. The van der Waals surface area contributed by atoms with Crippen LogP contribution in [0.25, 0.3) is 0 Å². The van der Waals surface area contributed by atoms with Crippen molar-refractivity contribution in [2.24, 2.45) is 11.8 Å². The minimum atomic E-state index is -0.896. The van der Waals surface area contributed by atoms with E-state index in [2.05, 4.69) is 5.32 Å². The highest BCUT2D eigenvalue weighted by Gasteiger charge is 2.32. The van der Waals surface area contributed by atoms with Crippen molar-refractivity contribution in [3.63, 3.8) is 0 Å². The van der Waals surface area contributed by atoms with Crippen LogP contribution in [0.1, 0.15) is 0 Å². The highest BCUT2D eigenvalue weighted by Crippen LogP contribution is 2.16. The number of carboxylic acid groups (broad SMARTS) is 1. The molecule has 2 N–H and O–H groups in total. The summed E-state index contributed by atoms with van der Waals surface area (Å²) in [6.45, 7) is 0.362. The van der Waals surface area contributed by atoms with Crippen LogP contribution in [0.5, 0.6) is 0 Å². The fraction of sp³-hybridized carbons (Fsp3) is 0.833. The van der Waals surface area contributed by atoms with E-state index >= 15 is 0 Å². The fourth-order valence-electron chi connectivity index (χ4n) is 1.18. The summed E-state index contributed by atoms with van der Waals surface area (Å²) in [5.74, 6) is -1.74. The number of alkyl halides is 1. The number of rotatable bonds is 2. The molecule has 10 heavy (non-hydrogen) atoms. The van der Waals surface area contributed by atoms with Crippen molar-refractivity contribution in [1.82, 2.24) is 5.32 Å². The Morgan fingerprint density at radius 1 is 1.70 bits per heavy atom. The lowest BCUT2D eigenvalue weighted by Crippen LogP contribution is -2.23. The smallest absolute Gasteiger partial charge is 0.308 e. The third kappa shape index (κ3) is 1.26. The van der Waals surface area contributed by atoms with Gasteiger partial charge in [0.1, 0.15) is 0 Å². The number of aliphatic carboxylic acids is 1. The maximum Gasteiger partial charge on any atom is 0.308 e. The van der Waals surface area contributed by atoms with Gasteiger partial charge in [0.15, 0.2) is 0 Å². The third-order valence-corrected chi connectivity index (χ3v) is 1.86. The molecule has 2 atom stereocenters. The van der Waals surface area contributed by atoms with Gasteiger partial charge in [-0.3, -0.25) is 9.18 Å². The molecule has 4 heteroatoms. The molecule has 1 saturated heterocycles. The van der Waals surface area contributed by atoms with E-state index in [-0.39, 0.29) is 5.92 Å². The molecule has 0 aromatic heterocycles. The van der Waals surface area contributed by atoms with Crippen molar-refractivity contribution in [2.45, 2.75) is 0 Å².